The Bertz CT molecular complexity index is 605. The molecule has 3 N–H and O–H groups in total. The van der Waals surface area contributed by atoms with Crippen LogP contribution in [0.25, 0.3) is 0 Å². The third-order valence-corrected chi connectivity index (χ3v) is 3.51. The maximum Gasteiger partial charge on any atom is 0.328 e. The smallest absolute Gasteiger partial charge is 0.328 e. The third kappa shape index (κ3) is 4.41. The number of anilines is 1. The van der Waals surface area contributed by atoms with Crippen LogP contribution in [0.1, 0.15) is 18.9 Å². The van der Waals surface area contributed by atoms with E-state index < -0.39 is 6.03 Å². The quantitative estimate of drug-likeness (QED) is 0.635. The molecule has 1 aromatic carbocycles. The first kappa shape index (κ1) is 18.9. The van der Waals surface area contributed by atoms with E-state index in [1.807, 2.05) is 13.8 Å². The SMILES string of the molecule is CCCN=C(N)NC(=O)N(C)c1c(C)cc(OC)c(OC)c1Cl. The molecule has 0 aliphatic heterocycles. The van der Waals surface area contributed by atoms with Crippen LogP contribution in [0.4, 0.5) is 10.5 Å². The van der Waals surface area contributed by atoms with Gasteiger partial charge in [0.1, 0.15) is 5.02 Å². The number of ether oxygens (including phenoxy) is 2. The highest BCUT2D eigenvalue weighted by molar-refractivity contribution is 6.36. The Morgan fingerprint density at radius 1 is 1.43 bits per heavy atom. The maximum atomic E-state index is 12.3. The van der Waals surface area contributed by atoms with E-state index in [0.29, 0.717) is 23.7 Å². The summed E-state index contributed by atoms with van der Waals surface area (Å²) in [5.74, 6) is 0.927. The normalized spacial score (nSPS) is 11.1. The van der Waals surface area contributed by atoms with Crippen molar-refractivity contribution in [1.82, 2.24) is 5.32 Å². The van der Waals surface area contributed by atoms with Crippen molar-refractivity contribution in [2.24, 2.45) is 10.7 Å². The van der Waals surface area contributed by atoms with Crippen LogP contribution in [0.2, 0.25) is 5.02 Å². The largest absolute Gasteiger partial charge is 0.493 e. The fraction of sp³-hybridized carbons (Fsp3) is 0.467. The second kappa shape index (κ2) is 8.47. The second-order valence-corrected chi connectivity index (χ2v) is 5.23. The minimum Gasteiger partial charge on any atom is -0.493 e. The molecule has 0 atom stereocenters. The summed E-state index contributed by atoms with van der Waals surface area (Å²) in [6.45, 7) is 4.34. The summed E-state index contributed by atoms with van der Waals surface area (Å²) in [6.07, 6.45) is 0.840. The summed E-state index contributed by atoms with van der Waals surface area (Å²) in [5.41, 5.74) is 6.93. The van der Waals surface area contributed by atoms with Gasteiger partial charge in [-0.25, -0.2) is 4.79 Å². The molecule has 0 aromatic heterocycles. The fourth-order valence-electron chi connectivity index (χ4n) is 2.04. The third-order valence-electron chi connectivity index (χ3n) is 3.16. The molecule has 0 radical (unpaired) electrons. The highest BCUT2D eigenvalue weighted by Crippen LogP contribution is 2.43. The van der Waals surface area contributed by atoms with Gasteiger partial charge in [0.25, 0.3) is 0 Å². The van der Waals surface area contributed by atoms with Crippen molar-refractivity contribution < 1.29 is 14.3 Å². The topological polar surface area (TPSA) is 89.2 Å². The molecule has 23 heavy (non-hydrogen) atoms. The Balaban J connectivity index is 3.13. The lowest BCUT2D eigenvalue weighted by atomic mass is 10.1. The molecule has 0 bridgehead atoms. The number of urea groups is 1. The molecular weight excluding hydrogens is 320 g/mol. The zero-order valence-corrected chi connectivity index (χ0v) is 14.8. The van der Waals surface area contributed by atoms with Crippen LogP contribution in [-0.2, 0) is 0 Å². The molecule has 0 unspecified atom stereocenters. The average Bonchev–Trinajstić information content (AvgIpc) is 2.51. The Kier molecular flexibility index (Phi) is 6.96. The number of hydrogen-bond donors (Lipinski definition) is 2. The Hall–Kier alpha value is -2.15. The van der Waals surface area contributed by atoms with E-state index in [4.69, 9.17) is 26.8 Å². The van der Waals surface area contributed by atoms with E-state index >= 15 is 0 Å². The lowest BCUT2D eigenvalue weighted by molar-refractivity contribution is 0.251. The number of amides is 2. The predicted molar refractivity (Wildman–Crippen MR) is 93.0 cm³/mol. The van der Waals surface area contributed by atoms with Crippen molar-refractivity contribution in [3.8, 4) is 11.5 Å². The van der Waals surface area contributed by atoms with Gasteiger partial charge in [-0.15, -0.1) is 0 Å². The van der Waals surface area contributed by atoms with Crippen molar-refractivity contribution in [1.29, 1.82) is 0 Å². The van der Waals surface area contributed by atoms with Gasteiger partial charge in [-0.05, 0) is 25.0 Å². The molecule has 0 aliphatic rings. The number of carbonyl (C=O) groups is 1. The second-order valence-electron chi connectivity index (χ2n) is 4.85. The zero-order valence-electron chi connectivity index (χ0n) is 14.1. The molecule has 0 spiro atoms. The number of carbonyl (C=O) groups excluding carboxylic acids is 1. The Labute approximate surface area is 141 Å². The van der Waals surface area contributed by atoms with Gasteiger partial charge in [0, 0.05) is 13.6 Å². The first-order valence-electron chi connectivity index (χ1n) is 7.13. The molecule has 0 heterocycles. The lowest BCUT2D eigenvalue weighted by Gasteiger charge is -2.23. The van der Waals surface area contributed by atoms with Gasteiger partial charge in [0.2, 0.25) is 0 Å². The van der Waals surface area contributed by atoms with Gasteiger partial charge in [0.05, 0.1) is 19.9 Å². The van der Waals surface area contributed by atoms with E-state index in [-0.39, 0.29) is 11.0 Å². The van der Waals surface area contributed by atoms with Crippen molar-refractivity contribution in [3.05, 3.63) is 16.7 Å². The van der Waals surface area contributed by atoms with Gasteiger partial charge < -0.3 is 15.2 Å². The van der Waals surface area contributed by atoms with Crippen molar-refractivity contribution in [2.75, 3.05) is 32.7 Å². The van der Waals surface area contributed by atoms with E-state index in [2.05, 4.69) is 10.3 Å². The number of aliphatic imine (C=N–C) groups is 1. The molecule has 0 saturated heterocycles. The summed E-state index contributed by atoms with van der Waals surface area (Å²) in [6, 6.07) is 1.30. The van der Waals surface area contributed by atoms with Gasteiger partial charge >= 0.3 is 6.03 Å². The molecule has 1 aromatic rings. The number of halogens is 1. The zero-order chi connectivity index (χ0) is 17.6. The van der Waals surface area contributed by atoms with Crippen molar-refractivity contribution in [3.63, 3.8) is 0 Å². The summed E-state index contributed by atoms with van der Waals surface area (Å²) in [7, 11) is 4.59. The van der Waals surface area contributed by atoms with Gasteiger partial charge in [-0.3, -0.25) is 15.2 Å². The molecule has 0 fully saturated rings. The highest BCUT2D eigenvalue weighted by Gasteiger charge is 2.22. The fourth-order valence-corrected chi connectivity index (χ4v) is 2.49. The van der Waals surface area contributed by atoms with Gasteiger partial charge in [-0.1, -0.05) is 18.5 Å². The predicted octanol–water partition coefficient (Wildman–Crippen LogP) is 2.54. The van der Waals surface area contributed by atoms with Crippen molar-refractivity contribution in [2.45, 2.75) is 20.3 Å². The Morgan fingerprint density at radius 2 is 2.09 bits per heavy atom. The van der Waals surface area contributed by atoms with E-state index in [9.17, 15) is 4.79 Å². The van der Waals surface area contributed by atoms with Gasteiger partial charge in [0.15, 0.2) is 17.5 Å². The lowest BCUT2D eigenvalue weighted by Crippen LogP contribution is -2.44. The first-order valence-corrected chi connectivity index (χ1v) is 7.50. The average molecular weight is 343 g/mol. The number of rotatable bonds is 5. The van der Waals surface area contributed by atoms with Crippen LogP contribution in [-0.4, -0.2) is 39.8 Å². The number of benzene rings is 1. The highest BCUT2D eigenvalue weighted by atomic mass is 35.5. The molecule has 0 saturated carbocycles. The molecular formula is C15H23ClN4O3. The van der Waals surface area contributed by atoms with Crippen molar-refractivity contribution >= 4 is 29.3 Å². The van der Waals surface area contributed by atoms with E-state index in [1.54, 1.807) is 13.1 Å². The number of nitrogens with one attached hydrogen (secondary N) is 1. The number of nitrogens with zero attached hydrogens (tertiary/aromatic N) is 2. The number of guanidine groups is 1. The standard InChI is InChI=1S/C15H23ClN4O3/c1-6-7-18-14(17)19-15(21)20(3)12-9(2)8-10(22-4)13(23-5)11(12)16/h8H,6-7H2,1-5H3,(H3,17,18,19,21). The maximum absolute atomic E-state index is 12.3. The molecule has 1 rings (SSSR count). The summed E-state index contributed by atoms with van der Waals surface area (Å²) >= 11 is 6.37. The molecule has 2 amide bonds. The summed E-state index contributed by atoms with van der Waals surface area (Å²) < 4.78 is 10.5. The van der Waals surface area contributed by atoms with Crippen LogP contribution in [0, 0.1) is 6.92 Å². The van der Waals surface area contributed by atoms with Crippen LogP contribution in [0.3, 0.4) is 0 Å². The van der Waals surface area contributed by atoms with Crippen LogP contribution < -0.4 is 25.4 Å². The van der Waals surface area contributed by atoms with Crippen LogP contribution >= 0.6 is 11.6 Å². The number of nitrogens with two attached hydrogens (primary N) is 1. The molecule has 0 aliphatic carbocycles. The van der Waals surface area contributed by atoms with Crippen LogP contribution in [0.15, 0.2) is 11.1 Å². The number of methoxy groups -OCH3 is 2. The molecule has 128 valence electrons. The summed E-state index contributed by atoms with van der Waals surface area (Å²) in [4.78, 5) is 17.7. The Morgan fingerprint density at radius 3 is 2.61 bits per heavy atom. The molecule has 8 heteroatoms. The van der Waals surface area contributed by atoms with Crippen LogP contribution in [0.5, 0.6) is 11.5 Å². The molecule has 7 nitrogen and oxygen atoms in total. The number of hydrogen-bond acceptors (Lipinski definition) is 4. The van der Waals surface area contributed by atoms with E-state index in [0.717, 1.165) is 12.0 Å². The van der Waals surface area contributed by atoms with Gasteiger partial charge in [-0.2, -0.15) is 0 Å². The minimum absolute atomic E-state index is 0.0675. The first-order chi connectivity index (χ1) is 10.9. The van der Waals surface area contributed by atoms with E-state index in [1.165, 1.54) is 19.1 Å². The minimum atomic E-state index is -0.445. The number of aryl methyl sites for hydroxylation is 1. The monoisotopic (exact) mass is 342 g/mol. The summed E-state index contributed by atoms with van der Waals surface area (Å²) in [5, 5.41) is 2.80.